The molecule has 0 bridgehead atoms. The molecule has 2 amide bonds. The lowest BCUT2D eigenvalue weighted by atomic mass is 10.0. The minimum Gasteiger partial charge on any atom is -0.477 e. The summed E-state index contributed by atoms with van der Waals surface area (Å²) in [5.74, 6) is -2.78. The maximum Gasteiger partial charge on any atom is 0.352 e. The van der Waals surface area contributed by atoms with Crippen LogP contribution in [0.1, 0.15) is 12.6 Å². The summed E-state index contributed by atoms with van der Waals surface area (Å²) < 4.78 is 6.21. The standard InChI is InChI=1S/C19H21N9O7S3/c1-3-34-10(29)4-35-24-11(9-7-37-18(20)21-9)14(30)22-12-15(31)28-13(17(32)33)8(5-36-16(12)28)6-38-19-23-25-26-27(19)2/h7,12,16H,3-6H2,1-2H3,(H2,20,21)(H,22,30)(H,32,33)/t12?,16-/m1/s1. The molecule has 19 heteroatoms. The third-order valence-corrected chi connectivity index (χ3v) is 8.23. The number of anilines is 1. The summed E-state index contributed by atoms with van der Waals surface area (Å²) in [5, 5.41) is 28.8. The van der Waals surface area contributed by atoms with Crippen molar-refractivity contribution in [1.82, 2.24) is 35.4 Å². The summed E-state index contributed by atoms with van der Waals surface area (Å²) in [7, 11) is 1.66. The molecule has 2 aromatic heterocycles. The number of oxime groups is 1. The number of β-lactam (4-membered cyclic amide) rings is 1. The van der Waals surface area contributed by atoms with Crippen molar-refractivity contribution in [3.05, 3.63) is 22.3 Å². The van der Waals surface area contributed by atoms with Crippen molar-refractivity contribution in [2.24, 2.45) is 12.2 Å². The second-order valence-corrected chi connectivity index (χ2v) is 10.5. The van der Waals surface area contributed by atoms with Gasteiger partial charge in [0.05, 0.1) is 6.61 Å². The quantitative estimate of drug-likeness (QED) is 0.0957. The predicted molar refractivity (Wildman–Crippen MR) is 135 cm³/mol. The number of aliphatic carboxylic acids is 1. The van der Waals surface area contributed by atoms with Crippen molar-refractivity contribution >= 4 is 69.5 Å². The zero-order valence-electron chi connectivity index (χ0n) is 19.9. The fourth-order valence-corrected chi connectivity index (χ4v) is 6.33. The Labute approximate surface area is 227 Å². The number of fused-ring (bicyclic) bond motifs is 1. The number of ether oxygens (including phenoxy) is 1. The van der Waals surface area contributed by atoms with E-state index in [1.165, 1.54) is 33.6 Å². The molecule has 4 rings (SSSR count). The van der Waals surface area contributed by atoms with Crippen molar-refractivity contribution in [3.8, 4) is 0 Å². The molecule has 0 saturated carbocycles. The fraction of sp³-hybridized carbons (Fsp3) is 0.421. The van der Waals surface area contributed by atoms with E-state index in [1.807, 2.05) is 0 Å². The van der Waals surface area contributed by atoms with Crippen molar-refractivity contribution in [2.45, 2.75) is 23.5 Å². The fourth-order valence-electron chi connectivity index (χ4n) is 3.45. The molecule has 38 heavy (non-hydrogen) atoms. The van der Waals surface area contributed by atoms with Gasteiger partial charge in [-0.1, -0.05) is 16.9 Å². The highest BCUT2D eigenvalue weighted by atomic mass is 32.2. The lowest BCUT2D eigenvalue weighted by Gasteiger charge is -2.49. The number of nitrogen functional groups attached to an aromatic ring is 1. The number of nitrogens with two attached hydrogens (primary N) is 1. The first-order valence-corrected chi connectivity index (χ1v) is 13.8. The molecule has 0 spiro atoms. The number of carboxylic acids is 1. The number of aromatic nitrogens is 5. The monoisotopic (exact) mass is 583 g/mol. The van der Waals surface area contributed by atoms with E-state index in [-0.39, 0.29) is 34.6 Å². The molecule has 0 aliphatic carbocycles. The van der Waals surface area contributed by atoms with Gasteiger partial charge in [0.25, 0.3) is 11.8 Å². The van der Waals surface area contributed by atoms with Crippen LogP contribution in [0.5, 0.6) is 0 Å². The van der Waals surface area contributed by atoms with E-state index in [9.17, 15) is 24.3 Å². The lowest BCUT2D eigenvalue weighted by Crippen LogP contribution is -2.71. The molecule has 1 saturated heterocycles. The maximum absolute atomic E-state index is 13.1. The number of thiazole rings is 1. The number of aryl methyl sites for hydroxylation is 1. The van der Waals surface area contributed by atoms with E-state index in [4.69, 9.17) is 15.3 Å². The van der Waals surface area contributed by atoms with Gasteiger partial charge in [0, 0.05) is 23.9 Å². The van der Waals surface area contributed by atoms with Gasteiger partial charge in [-0.25, -0.2) is 19.3 Å². The van der Waals surface area contributed by atoms with Crippen LogP contribution >= 0.6 is 34.9 Å². The number of carbonyl (C=O) groups excluding carboxylic acids is 3. The number of thioether (sulfide) groups is 2. The van der Waals surface area contributed by atoms with E-state index in [2.05, 4.69) is 31.0 Å². The van der Waals surface area contributed by atoms with Gasteiger partial charge in [0.2, 0.25) is 11.8 Å². The number of esters is 1. The van der Waals surface area contributed by atoms with Crippen LogP contribution in [0.3, 0.4) is 0 Å². The van der Waals surface area contributed by atoms with Gasteiger partial charge in [-0.3, -0.25) is 14.5 Å². The molecule has 2 aromatic rings. The predicted octanol–water partition coefficient (Wildman–Crippen LogP) is -0.936. The topological polar surface area (TPSA) is 217 Å². The molecule has 16 nitrogen and oxygen atoms in total. The van der Waals surface area contributed by atoms with Crippen molar-refractivity contribution < 1.29 is 33.9 Å². The van der Waals surface area contributed by atoms with Crippen LogP contribution in [0.2, 0.25) is 0 Å². The Balaban J connectivity index is 1.47. The highest BCUT2D eigenvalue weighted by Gasteiger charge is 2.54. The van der Waals surface area contributed by atoms with Crippen LogP contribution in [0.4, 0.5) is 5.13 Å². The van der Waals surface area contributed by atoms with Crippen LogP contribution in [0.15, 0.2) is 27.0 Å². The van der Waals surface area contributed by atoms with Crippen LogP contribution < -0.4 is 11.1 Å². The molecular formula is C19H21N9O7S3. The molecule has 4 heterocycles. The summed E-state index contributed by atoms with van der Waals surface area (Å²) in [4.78, 5) is 59.8. The van der Waals surface area contributed by atoms with Gasteiger partial charge in [-0.05, 0) is 22.9 Å². The normalized spacial score (nSPS) is 19.1. The first kappa shape index (κ1) is 27.3. The van der Waals surface area contributed by atoms with Gasteiger partial charge in [0.15, 0.2) is 10.8 Å². The smallest absolute Gasteiger partial charge is 0.352 e. The zero-order valence-corrected chi connectivity index (χ0v) is 22.3. The Morgan fingerprint density at radius 2 is 2.18 bits per heavy atom. The number of hydrogen-bond acceptors (Lipinski definition) is 15. The zero-order chi connectivity index (χ0) is 27.4. The Morgan fingerprint density at radius 3 is 2.82 bits per heavy atom. The third kappa shape index (κ3) is 5.73. The second-order valence-electron chi connectivity index (χ2n) is 7.58. The summed E-state index contributed by atoms with van der Waals surface area (Å²) in [5.41, 5.74) is 5.83. The Morgan fingerprint density at radius 1 is 1.39 bits per heavy atom. The molecule has 0 aromatic carbocycles. The van der Waals surface area contributed by atoms with Gasteiger partial charge < -0.3 is 25.7 Å². The third-order valence-electron chi connectivity index (χ3n) is 5.12. The molecule has 0 radical (unpaired) electrons. The first-order valence-electron chi connectivity index (χ1n) is 10.8. The maximum atomic E-state index is 13.1. The van der Waals surface area contributed by atoms with E-state index in [0.29, 0.717) is 16.5 Å². The van der Waals surface area contributed by atoms with E-state index in [0.717, 1.165) is 16.2 Å². The lowest BCUT2D eigenvalue weighted by molar-refractivity contribution is -0.150. The minimum atomic E-state index is -1.26. The number of nitrogens with zero attached hydrogens (tertiary/aromatic N) is 7. The number of hydrogen-bond donors (Lipinski definition) is 3. The van der Waals surface area contributed by atoms with E-state index >= 15 is 0 Å². The van der Waals surface area contributed by atoms with Gasteiger partial charge >= 0.3 is 11.9 Å². The highest BCUT2D eigenvalue weighted by Crippen LogP contribution is 2.41. The van der Waals surface area contributed by atoms with Crippen molar-refractivity contribution in [2.75, 3.05) is 30.5 Å². The number of rotatable bonds is 11. The van der Waals surface area contributed by atoms with Crippen molar-refractivity contribution in [1.29, 1.82) is 0 Å². The summed E-state index contributed by atoms with van der Waals surface area (Å²) in [6.07, 6.45) is 0. The molecule has 2 atom stereocenters. The van der Waals surface area contributed by atoms with Gasteiger partial charge in [-0.15, -0.1) is 28.2 Å². The Hall–Kier alpha value is -3.71. The SMILES string of the molecule is CCOC(=O)CON=C(C(=O)NC1C(=O)N2C(C(=O)O)=C(CSc3nnnn3C)CS[C@H]12)c1csc(N)n1. The number of carboxylic acid groups (broad SMARTS) is 1. The minimum absolute atomic E-state index is 0.0810. The van der Waals surface area contributed by atoms with Gasteiger partial charge in [0.1, 0.15) is 22.8 Å². The number of carbonyl (C=O) groups is 4. The molecule has 4 N–H and O–H groups in total. The van der Waals surface area contributed by atoms with Crippen molar-refractivity contribution in [3.63, 3.8) is 0 Å². The molecule has 1 unspecified atom stereocenters. The highest BCUT2D eigenvalue weighted by molar-refractivity contribution is 8.01. The average molecular weight is 584 g/mol. The Bertz CT molecular complexity index is 1320. The summed E-state index contributed by atoms with van der Waals surface area (Å²) >= 11 is 3.61. The van der Waals surface area contributed by atoms with E-state index in [1.54, 1.807) is 14.0 Å². The van der Waals surface area contributed by atoms with Gasteiger partial charge in [-0.2, -0.15) is 0 Å². The average Bonchev–Trinajstić information content (AvgIpc) is 3.50. The largest absolute Gasteiger partial charge is 0.477 e. The molecule has 202 valence electrons. The van der Waals surface area contributed by atoms with Crippen LogP contribution in [-0.4, -0.2) is 101 Å². The number of amides is 2. The number of nitrogens with one attached hydrogen (secondary N) is 1. The first-order chi connectivity index (χ1) is 18.2. The molecule has 1 fully saturated rings. The summed E-state index contributed by atoms with van der Waals surface area (Å²) in [6.45, 7) is 1.23. The second kappa shape index (κ2) is 11.8. The van der Waals surface area contributed by atoms with E-state index < -0.39 is 41.8 Å². The summed E-state index contributed by atoms with van der Waals surface area (Å²) in [6, 6.07) is -1.02. The molecular weight excluding hydrogens is 562 g/mol. The molecule has 2 aliphatic heterocycles. The van der Waals surface area contributed by atoms with Crippen LogP contribution in [0, 0.1) is 0 Å². The Kier molecular flexibility index (Phi) is 8.47. The van der Waals surface area contributed by atoms with Crippen LogP contribution in [0.25, 0.3) is 0 Å². The van der Waals surface area contributed by atoms with Crippen LogP contribution in [-0.2, 0) is 35.8 Å². The molecule has 2 aliphatic rings. The number of tetrazole rings is 1.